The Morgan fingerprint density at radius 1 is 1.04 bits per heavy atom. The maximum Gasteiger partial charge on any atom is 0.416 e. The minimum atomic E-state index is -4.35. The average Bonchev–Trinajstić information content (AvgIpc) is 2.67. The number of allylic oxidation sites excluding steroid dienone is 1. The SMILES string of the molecule is CC1=C(c2ccc(C)cc2)CN(C(=O)CCc2ccc(C(F)(F)F)cc2)N=C1. The van der Waals surface area contributed by atoms with Crippen molar-refractivity contribution in [1.29, 1.82) is 0 Å². The van der Waals surface area contributed by atoms with E-state index in [0.717, 1.165) is 34.4 Å². The monoisotopic (exact) mass is 386 g/mol. The molecular weight excluding hydrogens is 365 g/mol. The highest BCUT2D eigenvalue weighted by atomic mass is 19.4. The summed E-state index contributed by atoms with van der Waals surface area (Å²) in [5.74, 6) is -0.159. The molecule has 1 aliphatic heterocycles. The van der Waals surface area contributed by atoms with Gasteiger partial charge in [-0.3, -0.25) is 4.79 Å². The van der Waals surface area contributed by atoms with Crippen molar-refractivity contribution in [2.75, 3.05) is 6.54 Å². The molecule has 3 nitrogen and oxygen atoms in total. The van der Waals surface area contributed by atoms with Crippen LogP contribution in [0.15, 0.2) is 59.2 Å². The van der Waals surface area contributed by atoms with E-state index in [-0.39, 0.29) is 12.3 Å². The van der Waals surface area contributed by atoms with E-state index in [9.17, 15) is 18.0 Å². The second-order valence-corrected chi connectivity index (χ2v) is 6.92. The minimum Gasteiger partial charge on any atom is -0.273 e. The number of carbonyl (C=O) groups excluding carboxylic acids is 1. The highest BCUT2D eigenvalue weighted by molar-refractivity contribution is 5.94. The van der Waals surface area contributed by atoms with E-state index in [2.05, 4.69) is 5.10 Å². The van der Waals surface area contributed by atoms with E-state index in [1.54, 1.807) is 6.21 Å². The van der Waals surface area contributed by atoms with Gasteiger partial charge in [0.2, 0.25) is 5.91 Å². The molecule has 2 aromatic carbocycles. The fourth-order valence-corrected chi connectivity index (χ4v) is 3.02. The van der Waals surface area contributed by atoms with Crippen molar-refractivity contribution in [2.24, 2.45) is 5.10 Å². The van der Waals surface area contributed by atoms with Gasteiger partial charge in [-0.25, -0.2) is 5.01 Å². The average molecular weight is 386 g/mol. The smallest absolute Gasteiger partial charge is 0.273 e. The lowest BCUT2D eigenvalue weighted by Gasteiger charge is -2.24. The molecule has 1 heterocycles. The second kappa shape index (κ2) is 8.00. The van der Waals surface area contributed by atoms with Gasteiger partial charge in [0.25, 0.3) is 0 Å². The van der Waals surface area contributed by atoms with Crippen LogP contribution in [0.4, 0.5) is 13.2 Å². The fraction of sp³-hybridized carbons (Fsp3) is 0.273. The minimum absolute atomic E-state index is 0.159. The summed E-state index contributed by atoms with van der Waals surface area (Å²) in [5, 5.41) is 5.64. The number of aryl methyl sites for hydroxylation is 2. The molecule has 0 atom stereocenters. The Balaban J connectivity index is 1.62. The first kappa shape index (κ1) is 19.9. The van der Waals surface area contributed by atoms with Gasteiger partial charge in [-0.15, -0.1) is 0 Å². The molecule has 0 aromatic heterocycles. The van der Waals surface area contributed by atoms with E-state index in [1.165, 1.54) is 17.1 Å². The molecule has 0 unspecified atom stereocenters. The van der Waals surface area contributed by atoms with Gasteiger partial charge in [0.1, 0.15) is 0 Å². The van der Waals surface area contributed by atoms with E-state index in [1.807, 2.05) is 38.1 Å². The normalized spacial score (nSPS) is 14.5. The molecule has 0 radical (unpaired) electrons. The molecule has 1 amide bonds. The van der Waals surface area contributed by atoms with Crippen LogP contribution in [0.2, 0.25) is 0 Å². The quantitative estimate of drug-likeness (QED) is 0.707. The highest BCUT2D eigenvalue weighted by Gasteiger charge is 2.30. The Labute approximate surface area is 162 Å². The summed E-state index contributed by atoms with van der Waals surface area (Å²) >= 11 is 0. The van der Waals surface area contributed by atoms with Crippen molar-refractivity contribution in [3.05, 3.63) is 76.4 Å². The molecule has 1 aliphatic rings. The zero-order valence-corrected chi connectivity index (χ0v) is 15.8. The number of halogens is 3. The molecule has 0 bridgehead atoms. The predicted molar refractivity (Wildman–Crippen MR) is 104 cm³/mol. The van der Waals surface area contributed by atoms with Gasteiger partial charge in [0.15, 0.2) is 0 Å². The first-order chi connectivity index (χ1) is 13.2. The van der Waals surface area contributed by atoms with Crippen molar-refractivity contribution in [3.63, 3.8) is 0 Å². The zero-order chi connectivity index (χ0) is 20.3. The van der Waals surface area contributed by atoms with Crippen LogP contribution in [-0.4, -0.2) is 23.7 Å². The maximum absolute atomic E-state index is 12.6. The van der Waals surface area contributed by atoms with Crippen molar-refractivity contribution in [2.45, 2.75) is 32.9 Å². The molecule has 3 rings (SSSR count). The van der Waals surface area contributed by atoms with Crippen molar-refractivity contribution in [1.82, 2.24) is 5.01 Å². The van der Waals surface area contributed by atoms with E-state index in [0.29, 0.717) is 18.5 Å². The number of hydrogen-bond acceptors (Lipinski definition) is 2. The Bertz CT molecular complexity index is 910. The van der Waals surface area contributed by atoms with Crippen molar-refractivity contribution in [3.8, 4) is 0 Å². The third-order valence-corrected chi connectivity index (χ3v) is 4.77. The van der Waals surface area contributed by atoms with E-state index in [4.69, 9.17) is 0 Å². The predicted octanol–water partition coefficient (Wildman–Crippen LogP) is 5.25. The molecular formula is C22H21F3N2O. The summed E-state index contributed by atoms with van der Waals surface area (Å²) in [5.41, 5.74) is 4.26. The van der Waals surface area contributed by atoms with Crippen LogP contribution in [0.5, 0.6) is 0 Å². The number of rotatable bonds is 4. The fourth-order valence-electron chi connectivity index (χ4n) is 3.02. The summed E-state index contributed by atoms with van der Waals surface area (Å²) in [6.45, 7) is 4.37. The Kier molecular flexibility index (Phi) is 5.68. The Hall–Kier alpha value is -2.89. The number of hydrogen-bond donors (Lipinski definition) is 0. The van der Waals surface area contributed by atoms with Crippen molar-refractivity contribution >= 4 is 17.7 Å². The first-order valence-corrected chi connectivity index (χ1v) is 9.01. The number of hydrazone groups is 1. The van der Waals surface area contributed by atoms with Crippen LogP contribution in [0.3, 0.4) is 0 Å². The third-order valence-electron chi connectivity index (χ3n) is 4.77. The zero-order valence-electron chi connectivity index (χ0n) is 15.8. The van der Waals surface area contributed by atoms with Gasteiger partial charge >= 0.3 is 6.18 Å². The summed E-state index contributed by atoms with van der Waals surface area (Å²) in [6.07, 6.45) is -2.13. The maximum atomic E-state index is 12.6. The van der Waals surface area contributed by atoms with Crippen molar-refractivity contribution < 1.29 is 18.0 Å². The van der Waals surface area contributed by atoms with Gasteiger partial charge < -0.3 is 0 Å². The third kappa shape index (κ3) is 4.68. The second-order valence-electron chi connectivity index (χ2n) is 6.92. The number of amides is 1. The molecule has 6 heteroatoms. The van der Waals surface area contributed by atoms with Gasteiger partial charge in [-0.1, -0.05) is 42.0 Å². The summed E-state index contributed by atoms with van der Waals surface area (Å²) in [6, 6.07) is 13.0. The molecule has 0 N–H and O–H groups in total. The highest BCUT2D eigenvalue weighted by Crippen LogP contribution is 2.29. The number of benzene rings is 2. The summed E-state index contributed by atoms with van der Waals surface area (Å²) in [7, 11) is 0. The first-order valence-electron chi connectivity index (χ1n) is 9.01. The molecule has 0 saturated carbocycles. The van der Waals surface area contributed by atoms with Crippen LogP contribution in [-0.2, 0) is 17.4 Å². The van der Waals surface area contributed by atoms with E-state index < -0.39 is 11.7 Å². The number of carbonyl (C=O) groups is 1. The lowest BCUT2D eigenvalue weighted by atomic mass is 9.99. The lowest BCUT2D eigenvalue weighted by Crippen LogP contribution is -2.30. The van der Waals surface area contributed by atoms with Gasteiger partial charge in [-0.2, -0.15) is 18.3 Å². The summed E-state index contributed by atoms with van der Waals surface area (Å²) < 4.78 is 37.9. The van der Waals surface area contributed by atoms with Crippen LogP contribution < -0.4 is 0 Å². The largest absolute Gasteiger partial charge is 0.416 e. The molecule has 0 spiro atoms. The number of alkyl halides is 3. The lowest BCUT2D eigenvalue weighted by molar-refractivity contribution is -0.137. The Morgan fingerprint density at radius 2 is 1.68 bits per heavy atom. The van der Waals surface area contributed by atoms with Crippen LogP contribution in [0, 0.1) is 6.92 Å². The summed E-state index contributed by atoms with van der Waals surface area (Å²) in [4.78, 5) is 12.5. The Morgan fingerprint density at radius 3 is 2.29 bits per heavy atom. The van der Waals surface area contributed by atoms with Gasteiger partial charge in [0.05, 0.1) is 18.3 Å². The van der Waals surface area contributed by atoms with Gasteiger partial charge in [0, 0.05) is 6.42 Å². The van der Waals surface area contributed by atoms with E-state index >= 15 is 0 Å². The molecule has 0 saturated heterocycles. The van der Waals surface area contributed by atoms with Gasteiger partial charge in [-0.05, 0) is 54.7 Å². The van der Waals surface area contributed by atoms with Crippen LogP contribution in [0.25, 0.3) is 5.57 Å². The molecule has 0 fully saturated rings. The van der Waals surface area contributed by atoms with Crippen LogP contribution >= 0.6 is 0 Å². The van der Waals surface area contributed by atoms with Crippen LogP contribution in [0.1, 0.15) is 35.6 Å². The molecule has 28 heavy (non-hydrogen) atoms. The molecule has 2 aromatic rings. The molecule has 0 aliphatic carbocycles. The standard InChI is InChI=1S/C22H21F3N2O/c1-15-3-8-18(9-4-15)20-14-27(26-13-16(20)2)21(28)12-7-17-5-10-19(11-6-17)22(23,24)25/h3-6,8-11,13H,7,12,14H2,1-2H3. The number of nitrogens with zero attached hydrogens (tertiary/aromatic N) is 2. The molecule has 146 valence electrons. The topological polar surface area (TPSA) is 32.7 Å².